The van der Waals surface area contributed by atoms with E-state index in [4.69, 9.17) is 9.52 Å². The van der Waals surface area contributed by atoms with Crippen molar-refractivity contribution in [1.82, 2.24) is 0 Å². The number of anilines is 1. The topological polar surface area (TPSA) is 96.6 Å². The fourth-order valence-electron chi connectivity index (χ4n) is 2.96. The number of carbonyl (C=O) groups excluding carboxylic acids is 1. The number of carbonyl (C=O) groups is 2. The summed E-state index contributed by atoms with van der Waals surface area (Å²) in [6, 6.07) is 7.81. The van der Waals surface area contributed by atoms with Crippen LogP contribution >= 0.6 is 0 Å². The Bertz CT molecular complexity index is 836. The quantitative estimate of drug-likeness (QED) is 0.846. The molecule has 0 radical (unpaired) electrons. The molecule has 1 aliphatic rings. The van der Waals surface area contributed by atoms with Crippen molar-refractivity contribution in [2.75, 3.05) is 5.32 Å². The standard InChI is InChI=1S/C16H15NO5/c1-16(2)12(13(16)15(20)21)14(19)17-9-4-5-10-8(7-9)3-6-11(18)22-10/h3-7,12-13H,1-2H3,(H,17,19)(H,20,21)/t12-,13+/m0/s1. The molecule has 0 unspecified atom stereocenters. The van der Waals surface area contributed by atoms with E-state index in [1.165, 1.54) is 6.07 Å². The Hall–Kier alpha value is -2.63. The molecular weight excluding hydrogens is 286 g/mol. The van der Waals surface area contributed by atoms with E-state index in [9.17, 15) is 14.4 Å². The number of fused-ring (bicyclic) bond motifs is 1. The second-order valence-electron chi connectivity index (χ2n) is 6.11. The number of amides is 1. The van der Waals surface area contributed by atoms with Crippen LogP contribution in [0.25, 0.3) is 11.0 Å². The normalized spacial score (nSPS) is 22.3. The monoisotopic (exact) mass is 301 g/mol. The smallest absolute Gasteiger partial charge is 0.336 e. The van der Waals surface area contributed by atoms with Gasteiger partial charge in [-0.2, -0.15) is 0 Å². The van der Waals surface area contributed by atoms with Crippen molar-refractivity contribution in [3.05, 3.63) is 40.8 Å². The van der Waals surface area contributed by atoms with Crippen LogP contribution in [-0.4, -0.2) is 17.0 Å². The van der Waals surface area contributed by atoms with Crippen molar-refractivity contribution in [3.8, 4) is 0 Å². The van der Waals surface area contributed by atoms with E-state index in [0.717, 1.165) is 0 Å². The first-order valence-corrected chi connectivity index (χ1v) is 6.88. The predicted octanol–water partition coefficient (Wildman–Crippen LogP) is 2.09. The first-order chi connectivity index (χ1) is 10.3. The molecule has 6 heteroatoms. The Morgan fingerprint density at radius 1 is 1.18 bits per heavy atom. The number of rotatable bonds is 3. The summed E-state index contributed by atoms with van der Waals surface area (Å²) in [5.41, 5.74) is -0.00769. The maximum absolute atomic E-state index is 12.2. The largest absolute Gasteiger partial charge is 0.481 e. The number of carboxylic acids is 1. The van der Waals surface area contributed by atoms with E-state index in [1.54, 1.807) is 38.1 Å². The zero-order chi connectivity index (χ0) is 16.1. The van der Waals surface area contributed by atoms with Crippen molar-refractivity contribution in [2.45, 2.75) is 13.8 Å². The van der Waals surface area contributed by atoms with Gasteiger partial charge < -0.3 is 14.8 Å². The molecule has 1 fully saturated rings. The molecule has 6 nitrogen and oxygen atoms in total. The molecule has 1 heterocycles. The second kappa shape index (κ2) is 4.69. The van der Waals surface area contributed by atoms with Crippen LogP contribution in [0.2, 0.25) is 0 Å². The van der Waals surface area contributed by atoms with E-state index >= 15 is 0 Å². The number of hydrogen-bond donors (Lipinski definition) is 2. The Morgan fingerprint density at radius 2 is 1.91 bits per heavy atom. The Balaban J connectivity index is 1.82. The molecule has 2 atom stereocenters. The minimum Gasteiger partial charge on any atom is -0.481 e. The first kappa shape index (κ1) is 14.3. The van der Waals surface area contributed by atoms with E-state index < -0.39 is 28.8 Å². The minimum atomic E-state index is -0.953. The van der Waals surface area contributed by atoms with E-state index in [-0.39, 0.29) is 5.91 Å². The van der Waals surface area contributed by atoms with Crippen LogP contribution in [0.4, 0.5) is 5.69 Å². The van der Waals surface area contributed by atoms with Gasteiger partial charge in [-0.15, -0.1) is 0 Å². The van der Waals surface area contributed by atoms with Crippen LogP contribution in [0.3, 0.4) is 0 Å². The molecule has 22 heavy (non-hydrogen) atoms. The Morgan fingerprint density at radius 3 is 2.55 bits per heavy atom. The van der Waals surface area contributed by atoms with E-state index in [0.29, 0.717) is 16.7 Å². The summed E-state index contributed by atoms with van der Waals surface area (Å²) in [6.07, 6.45) is 0. The summed E-state index contributed by atoms with van der Waals surface area (Å²) in [4.78, 5) is 34.5. The lowest BCUT2D eigenvalue weighted by Crippen LogP contribution is -2.17. The lowest BCUT2D eigenvalue weighted by molar-refractivity contribution is -0.140. The number of hydrogen-bond acceptors (Lipinski definition) is 4. The molecule has 1 saturated carbocycles. The molecular formula is C16H15NO5. The van der Waals surface area contributed by atoms with Gasteiger partial charge in [0.1, 0.15) is 5.58 Å². The van der Waals surface area contributed by atoms with Crippen LogP contribution in [-0.2, 0) is 9.59 Å². The highest BCUT2D eigenvalue weighted by Crippen LogP contribution is 2.58. The number of carboxylic acid groups (broad SMARTS) is 1. The molecule has 0 saturated heterocycles. The summed E-state index contributed by atoms with van der Waals surface area (Å²) in [5.74, 6) is -2.47. The molecule has 1 aromatic heterocycles. The number of aliphatic carboxylic acids is 1. The molecule has 1 aliphatic carbocycles. The van der Waals surface area contributed by atoms with Gasteiger partial charge in [-0.1, -0.05) is 13.8 Å². The SMILES string of the molecule is CC1(C)[C@H](C(=O)Nc2ccc3oc(=O)ccc3c2)[C@@H]1C(=O)O. The van der Waals surface area contributed by atoms with Gasteiger partial charge in [0.15, 0.2) is 0 Å². The van der Waals surface area contributed by atoms with Gasteiger partial charge in [0.25, 0.3) is 0 Å². The minimum absolute atomic E-state index is 0.311. The molecule has 0 spiro atoms. The number of benzene rings is 1. The van der Waals surface area contributed by atoms with Gasteiger partial charge in [-0.25, -0.2) is 4.79 Å². The second-order valence-corrected chi connectivity index (χ2v) is 6.11. The molecule has 2 aromatic rings. The zero-order valence-corrected chi connectivity index (χ0v) is 12.1. The van der Waals surface area contributed by atoms with Crippen LogP contribution in [0.15, 0.2) is 39.5 Å². The van der Waals surface area contributed by atoms with Crippen molar-refractivity contribution in [3.63, 3.8) is 0 Å². The molecule has 1 aromatic carbocycles. The van der Waals surface area contributed by atoms with Crippen LogP contribution < -0.4 is 10.9 Å². The first-order valence-electron chi connectivity index (χ1n) is 6.88. The molecule has 114 valence electrons. The van der Waals surface area contributed by atoms with E-state index in [1.807, 2.05) is 0 Å². The third-order valence-electron chi connectivity index (χ3n) is 4.26. The maximum Gasteiger partial charge on any atom is 0.336 e. The van der Waals surface area contributed by atoms with Gasteiger partial charge in [0, 0.05) is 17.1 Å². The fourth-order valence-corrected chi connectivity index (χ4v) is 2.96. The average Bonchev–Trinajstić information content (AvgIpc) is 3.02. The third-order valence-corrected chi connectivity index (χ3v) is 4.26. The van der Waals surface area contributed by atoms with Gasteiger partial charge in [-0.05, 0) is 29.7 Å². The summed E-state index contributed by atoms with van der Waals surface area (Å²) >= 11 is 0. The lowest BCUT2D eigenvalue weighted by Gasteiger charge is -2.07. The highest BCUT2D eigenvalue weighted by molar-refractivity contribution is 6.00. The molecule has 1 amide bonds. The van der Waals surface area contributed by atoms with Gasteiger partial charge >= 0.3 is 11.6 Å². The van der Waals surface area contributed by atoms with Crippen molar-refractivity contribution < 1.29 is 19.1 Å². The molecule has 0 bridgehead atoms. The van der Waals surface area contributed by atoms with Gasteiger partial charge in [0.05, 0.1) is 11.8 Å². The van der Waals surface area contributed by atoms with Crippen LogP contribution in [0, 0.1) is 17.3 Å². The lowest BCUT2D eigenvalue weighted by atomic mass is 10.1. The summed E-state index contributed by atoms with van der Waals surface area (Å²) in [5, 5.41) is 12.5. The highest BCUT2D eigenvalue weighted by Gasteiger charge is 2.65. The van der Waals surface area contributed by atoms with Gasteiger partial charge in [-0.3, -0.25) is 9.59 Å². The zero-order valence-electron chi connectivity index (χ0n) is 12.1. The van der Waals surface area contributed by atoms with Crippen molar-refractivity contribution in [2.24, 2.45) is 17.3 Å². The summed E-state index contributed by atoms with van der Waals surface area (Å²) < 4.78 is 5.02. The molecule has 3 rings (SSSR count). The summed E-state index contributed by atoms with van der Waals surface area (Å²) in [6.45, 7) is 3.54. The number of nitrogens with one attached hydrogen (secondary N) is 1. The van der Waals surface area contributed by atoms with Gasteiger partial charge in [0.2, 0.25) is 5.91 Å². The Kier molecular flexibility index (Phi) is 3.05. The van der Waals surface area contributed by atoms with E-state index in [2.05, 4.69) is 5.32 Å². The third kappa shape index (κ3) is 2.26. The summed E-state index contributed by atoms with van der Waals surface area (Å²) in [7, 11) is 0. The van der Waals surface area contributed by atoms with Crippen LogP contribution in [0.5, 0.6) is 0 Å². The van der Waals surface area contributed by atoms with Crippen LogP contribution in [0.1, 0.15) is 13.8 Å². The average molecular weight is 301 g/mol. The maximum atomic E-state index is 12.2. The Labute approximate surface area is 125 Å². The molecule has 0 aliphatic heterocycles. The van der Waals surface area contributed by atoms with Crippen molar-refractivity contribution in [1.29, 1.82) is 0 Å². The molecule has 2 N–H and O–H groups in total. The predicted molar refractivity (Wildman–Crippen MR) is 79.5 cm³/mol. The highest BCUT2D eigenvalue weighted by atomic mass is 16.4. The fraction of sp³-hybridized carbons (Fsp3) is 0.312. The van der Waals surface area contributed by atoms with Crippen molar-refractivity contribution >= 4 is 28.5 Å².